The maximum atomic E-state index is 12.1. The Balaban J connectivity index is 1.51. The lowest BCUT2D eigenvalue weighted by atomic mass is 10.1. The third-order valence-electron chi connectivity index (χ3n) is 4.15. The fourth-order valence-corrected chi connectivity index (χ4v) is 2.67. The maximum Gasteiger partial charge on any atom is 0.243 e. The first-order valence-electron chi connectivity index (χ1n) is 7.80. The molecule has 0 radical (unpaired) electrons. The van der Waals surface area contributed by atoms with E-state index in [1.165, 1.54) is 5.56 Å². The molecule has 0 saturated heterocycles. The Kier molecular flexibility index (Phi) is 4.42. The van der Waals surface area contributed by atoms with E-state index in [0.717, 1.165) is 17.7 Å². The molecule has 0 heterocycles. The molecule has 2 aromatic carbocycles. The summed E-state index contributed by atoms with van der Waals surface area (Å²) in [6, 6.07) is 18.2. The minimum atomic E-state index is 0.0000136. The van der Waals surface area contributed by atoms with E-state index in [-0.39, 0.29) is 11.8 Å². The molecule has 4 heteroatoms. The second kappa shape index (κ2) is 6.65. The van der Waals surface area contributed by atoms with Crippen LogP contribution in [0.1, 0.15) is 23.5 Å². The van der Waals surface area contributed by atoms with Crippen LogP contribution in [0.25, 0.3) is 0 Å². The summed E-state index contributed by atoms with van der Waals surface area (Å²) in [4.78, 5) is 14.1. The monoisotopic (exact) mass is 307 g/mol. The smallest absolute Gasteiger partial charge is 0.243 e. The van der Waals surface area contributed by atoms with Gasteiger partial charge in [-0.25, -0.2) is 5.43 Å². The molecular formula is C19H21N3O. The normalized spacial score (nSPS) is 19.6. The summed E-state index contributed by atoms with van der Waals surface area (Å²) in [5, 5.41) is 4.07. The van der Waals surface area contributed by atoms with Gasteiger partial charge in [0.05, 0.1) is 6.21 Å². The van der Waals surface area contributed by atoms with Crippen molar-refractivity contribution in [2.75, 3.05) is 19.0 Å². The molecule has 23 heavy (non-hydrogen) atoms. The first-order chi connectivity index (χ1) is 11.1. The van der Waals surface area contributed by atoms with Gasteiger partial charge >= 0.3 is 0 Å². The molecule has 2 atom stereocenters. The van der Waals surface area contributed by atoms with E-state index in [1.807, 2.05) is 61.5 Å². The van der Waals surface area contributed by atoms with Gasteiger partial charge in [0.15, 0.2) is 0 Å². The van der Waals surface area contributed by atoms with Crippen LogP contribution in [-0.2, 0) is 4.79 Å². The molecule has 0 spiro atoms. The van der Waals surface area contributed by atoms with Crippen LogP contribution in [0, 0.1) is 5.92 Å². The summed E-state index contributed by atoms with van der Waals surface area (Å²) in [7, 11) is 4.00. The Morgan fingerprint density at radius 3 is 2.48 bits per heavy atom. The van der Waals surface area contributed by atoms with Gasteiger partial charge in [-0.05, 0) is 35.6 Å². The highest BCUT2D eigenvalue weighted by atomic mass is 16.2. The van der Waals surface area contributed by atoms with E-state index >= 15 is 0 Å². The number of anilines is 1. The number of nitrogens with zero attached hydrogens (tertiary/aromatic N) is 2. The lowest BCUT2D eigenvalue weighted by molar-refractivity contribution is -0.122. The number of amides is 1. The van der Waals surface area contributed by atoms with E-state index < -0.39 is 0 Å². The summed E-state index contributed by atoms with van der Waals surface area (Å²) in [6.07, 6.45) is 2.58. The number of rotatable bonds is 5. The summed E-state index contributed by atoms with van der Waals surface area (Å²) >= 11 is 0. The molecule has 0 aromatic heterocycles. The van der Waals surface area contributed by atoms with Crippen LogP contribution in [0.4, 0.5) is 5.69 Å². The number of hydrazone groups is 1. The van der Waals surface area contributed by atoms with Crippen LogP contribution < -0.4 is 10.3 Å². The molecule has 1 saturated carbocycles. The summed E-state index contributed by atoms with van der Waals surface area (Å²) in [5.41, 5.74) is 5.98. The van der Waals surface area contributed by atoms with E-state index in [4.69, 9.17) is 0 Å². The topological polar surface area (TPSA) is 44.7 Å². The fourth-order valence-electron chi connectivity index (χ4n) is 2.67. The van der Waals surface area contributed by atoms with Gasteiger partial charge in [0.1, 0.15) is 0 Å². The van der Waals surface area contributed by atoms with Crippen molar-refractivity contribution in [3.63, 3.8) is 0 Å². The standard InChI is InChI=1S/C19H21N3O/c1-22(2)16-10-8-14(9-11-16)13-20-21-19(23)18-12-17(18)15-6-4-3-5-7-15/h3-11,13,17-18H,12H2,1-2H3,(H,21,23)/t17-,18+/m0/s1. The molecule has 1 N–H and O–H groups in total. The highest BCUT2D eigenvalue weighted by molar-refractivity contribution is 5.85. The van der Waals surface area contributed by atoms with Gasteiger partial charge in [-0.3, -0.25) is 4.79 Å². The molecular weight excluding hydrogens is 286 g/mol. The third kappa shape index (κ3) is 3.77. The molecule has 1 aliphatic carbocycles. The molecule has 1 aliphatic rings. The average molecular weight is 307 g/mol. The zero-order valence-corrected chi connectivity index (χ0v) is 13.4. The van der Waals surface area contributed by atoms with Gasteiger partial charge in [0, 0.05) is 25.7 Å². The Bertz CT molecular complexity index is 692. The summed E-state index contributed by atoms with van der Waals surface area (Å²) < 4.78 is 0. The number of hydrogen-bond acceptors (Lipinski definition) is 3. The lowest BCUT2D eigenvalue weighted by Crippen LogP contribution is -2.20. The molecule has 0 aliphatic heterocycles. The van der Waals surface area contributed by atoms with Gasteiger partial charge in [-0.2, -0.15) is 5.10 Å². The van der Waals surface area contributed by atoms with Gasteiger partial charge in [-0.15, -0.1) is 0 Å². The molecule has 0 unspecified atom stereocenters. The van der Waals surface area contributed by atoms with Crippen molar-refractivity contribution < 1.29 is 4.79 Å². The summed E-state index contributed by atoms with van der Waals surface area (Å²) in [6.45, 7) is 0. The number of carbonyl (C=O) groups is 1. The van der Waals surface area contributed by atoms with Crippen molar-refractivity contribution in [1.82, 2.24) is 5.43 Å². The van der Waals surface area contributed by atoms with Crippen molar-refractivity contribution in [3.05, 3.63) is 65.7 Å². The average Bonchev–Trinajstić information content (AvgIpc) is 3.37. The van der Waals surface area contributed by atoms with Crippen LogP contribution in [0.2, 0.25) is 0 Å². The molecule has 1 fully saturated rings. The molecule has 0 bridgehead atoms. The number of hydrogen-bond donors (Lipinski definition) is 1. The van der Waals surface area contributed by atoms with E-state index in [1.54, 1.807) is 6.21 Å². The van der Waals surface area contributed by atoms with Crippen LogP contribution in [0.3, 0.4) is 0 Å². The van der Waals surface area contributed by atoms with E-state index in [9.17, 15) is 4.79 Å². The third-order valence-corrected chi connectivity index (χ3v) is 4.15. The Morgan fingerprint density at radius 1 is 1.13 bits per heavy atom. The minimum absolute atomic E-state index is 0.0000136. The zero-order chi connectivity index (χ0) is 16.2. The van der Waals surface area contributed by atoms with Crippen LogP contribution >= 0.6 is 0 Å². The SMILES string of the molecule is CN(C)c1ccc(C=NNC(=O)[C@@H]2C[C@H]2c2ccccc2)cc1. The predicted molar refractivity (Wildman–Crippen MR) is 93.8 cm³/mol. The first kappa shape index (κ1) is 15.3. The second-order valence-corrected chi connectivity index (χ2v) is 6.08. The van der Waals surface area contributed by atoms with Crippen LogP contribution in [-0.4, -0.2) is 26.2 Å². The van der Waals surface area contributed by atoms with Crippen LogP contribution in [0.15, 0.2) is 59.7 Å². The maximum absolute atomic E-state index is 12.1. The van der Waals surface area contributed by atoms with Crippen molar-refractivity contribution in [2.24, 2.45) is 11.0 Å². The second-order valence-electron chi connectivity index (χ2n) is 6.08. The Hall–Kier alpha value is -2.62. The quantitative estimate of drug-likeness (QED) is 0.682. The van der Waals surface area contributed by atoms with E-state index in [2.05, 4.69) is 22.7 Å². The largest absolute Gasteiger partial charge is 0.378 e. The number of benzene rings is 2. The van der Waals surface area contributed by atoms with Crippen molar-refractivity contribution in [1.29, 1.82) is 0 Å². The van der Waals surface area contributed by atoms with Gasteiger partial charge in [0.2, 0.25) is 5.91 Å². The van der Waals surface area contributed by atoms with Crippen LogP contribution in [0.5, 0.6) is 0 Å². The van der Waals surface area contributed by atoms with Crippen molar-refractivity contribution >= 4 is 17.8 Å². The molecule has 2 aromatic rings. The zero-order valence-electron chi connectivity index (χ0n) is 13.4. The van der Waals surface area contributed by atoms with Crippen molar-refractivity contribution in [2.45, 2.75) is 12.3 Å². The van der Waals surface area contributed by atoms with Crippen molar-refractivity contribution in [3.8, 4) is 0 Å². The Morgan fingerprint density at radius 2 is 1.83 bits per heavy atom. The molecule has 1 amide bonds. The lowest BCUT2D eigenvalue weighted by Gasteiger charge is -2.11. The van der Waals surface area contributed by atoms with E-state index in [0.29, 0.717) is 5.92 Å². The highest BCUT2D eigenvalue weighted by Gasteiger charge is 2.43. The molecule has 118 valence electrons. The predicted octanol–water partition coefficient (Wildman–Crippen LogP) is 3.01. The first-order valence-corrected chi connectivity index (χ1v) is 7.80. The van der Waals surface area contributed by atoms with Gasteiger partial charge < -0.3 is 4.90 Å². The minimum Gasteiger partial charge on any atom is -0.378 e. The highest BCUT2D eigenvalue weighted by Crippen LogP contribution is 2.47. The number of carbonyl (C=O) groups excluding carboxylic acids is 1. The fraction of sp³-hybridized carbons (Fsp3) is 0.263. The number of nitrogens with one attached hydrogen (secondary N) is 1. The molecule has 3 rings (SSSR count). The van der Waals surface area contributed by atoms with Gasteiger partial charge in [-0.1, -0.05) is 42.5 Å². The van der Waals surface area contributed by atoms with Gasteiger partial charge in [0.25, 0.3) is 0 Å². The Labute approximate surface area is 136 Å². The molecule has 4 nitrogen and oxygen atoms in total. The summed E-state index contributed by atoms with van der Waals surface area (Å²) in [5.74, 6) is 0.386.